The SMILES string of the molecule is CCOC(=O)c1cnn2cc(Cl)cc2c1N(C)C. The van der Waals surface area contributed by atoms with Crippen molar-refractivity contribution >= 4 is 28.8 Å². The van der Waals surface area contributed by atoms with Gasteiger partial charge in [0.15, 0.2) is 0 Å². The number of esters is 1. The predicted octanol–water partition coefficient (Wildman–Crippen LogP) is 2.23. The highest BCUT2D eigenvalue weighted by molar-refractivity contribution is 6.31. The summed E-state index contributed by atoms with van der Waals surface area (Å²) in [5.41, 5.74) is 1.95. The molecule has 0 aromatic carbocycles. The number of ether oxygens (including phenoxy) is 1. The lowest BCUT2D eigenvalue weighted by Gasteiger charge is -2.17. The Labute approximate surface area is 110 Å². The van der Waals surface area contributed by atoms with Crippen molar-refractivity contribution in [2.45, 2.75) is 6.92 Å². The number of hydrogen-bond donors (Lipinski definition) is 0. The zero-order valence-corrected chi connectivity index (χ0v) is 11.2. The summed E-state index contributed by atoms with van der Waals surface area (Å²) in [7, 11) is 3.72. The van der Waals surface area contributed by atoms with Crippen LogP contribution in [0, 0.1) is 0 Å². The van der Waals surface area contributed by atoms with Crippen LogP contribution in [0.3, 0.4) is 0 Å². The largest absolute Gasteiger partial charge is 0.462 e. The Hall–Kier alpha value is -1.75. The molecule has 0 aliphatic heterocycles. The molecular formula is C12H14ClN3O2. The van der Waals surface area contributed by atoms with E-state index in [0.717, 1.165) is 11.2 Å². The molecule has 2 heterocycles. The molecule has 0 fully saturated rings. The summed E-state index contributed by atoms with van der Waals surface area (Å²) in [5, 5.41) is 4.73. The number of rotatable bonds is 3. The van der Waals surface area contributed by atoms with Gasteiger partial charge in [0, 0.05) is 20.3 Å². The average Bonchev–Trinajstić information content (AvgIpc) is 2.67. The van der Waals surface area contributed by atoms with Gasteiger partial charge in [0.1, 0.15) is 5.56 Å². The summed E-state index contributed by atoms with van der Waals surface area (Å²) in [6.45, 7) is 2.10. The third-order valence-electron chi connectivity index (χ3n) is 2.52. The van der Waals surface area contributed by atoms with E-state index in [0.29, 0.717) is 17.2 Å². The number of carbonyl (C=O) groups is 1. The van der Waals surface area contributed by atoms with Crippen molar-refractivity contribution in [3.8, 4) is 0 Å². The summed E-state index contributed by atoms with van der Waals surface area (Å²) >= 11 is 5.96. The lowest BCUT2D eigenvalue weighted by Crippen LogP contribution is -2.17. The molecule has 2 aromatic rings. The highest BCUT2D eigenvalue weighted by atomic mass is 35.5. The van der Waals surface area contributed by atoms with Crippen LogP contribution in [0.2, 0.25) is 5.02 Å². The van der Waals surface area contributed by atoms with Gasteiger partial charge in [0.2, 0.25) is 0 Å². The van der Waals surface area contributed by atoms with Gasteiger partial charge in [-0.3, -0.25) is 0 Å². The van der Waals surface area contributed by atoms with Gasteiger partial charge in [0.25, 0.3) is 0 Å². The minimum atomic E-state index is -0.381. The summed E-state index contributed by atoms with van der Waals surface area (Å²) in [6.07, 6.45) is 3.19. The first kappa shape index (κ1) is 12.7. The fourth-order valence-corrected chi connectivity index (χ4v) is 2.04. The summed E-state index contributed by atoms with van der Waals surface area (Å²) < 4.78 is 6.67. The normalized spacial score (nSPS) is 10.7. The Morgan fingerprint density at radius 3 is 2.89 bits per heavy atom. The van der Waals surface area contributed by atoms with E-state index in [1.165, 1.54) is 6.20 Å². The topological polar surface area (TPSA) is 46.8 Å². The Bertz CT molecular complexity index is 592. The van der Waals surface area contributed by atoms with Crippen molar-refractivity contribution in [1.29, 1.82) is 0 Å². The molecule has 18 heavy (non-hydrogen) atoms. The maximum absolute atomic E-state index is 11.9. The van der Waals surface area contributed by atoms with Gasteiger partial charge in [-0.2, -0.15) is 5.10 Å². The number of fused-ring (bicyclic) bond motifs is 1. The first-order chi connectivity index (χ1) is 8.54. The molecule has 2 aromatic heterocycles. The van der Waals surface area contributed by atoms with E-state index in [-0.39, 0.29) is 5.97 Å². The van der Waals surface area contributed by atoms with Crippen LogP contribution < -0.4 is 4.90 Å². The fraction of sp³-hybridized carbons (Fsp3) is 0.333. The van der Waals surface area contributed by atoms with Gasteiger partial charge in [-0.1, -0.05) is 11.6 Å². The Morgan fingerprint density at radius 2 is 2.28 bits per heavy atom. The van der Waals surface area contributed by atoms with E-state index in [2.05, 4.69) is 5.10 Å². The van der Waals surface area contributed by atoms with Crippen LogP contribution in [0.1, 0.15) is 17.3 Å². The van der Waals surface area contributed by atoms with Crippen molar-refractivity contribution in [2.24, 2.45) is 0 Å². The van der Waals surface area contributed by atoms with Crippen LogP contribution in [-0.2, 0) is 4.74 Å². The summed E-state index contributed by atoms with van der Waals surface area (Å²) in [5.74, 6) is -0.381. The molecular weight excluding hydrogens is 254 g/mol. The monoisotopic (exact) mass is 267 g/mol. The van der Waals surface area contributed by atoms with Crippen LogP contribution in [0.15, 0.2) is 18.5 Å². The standard InChI is InChI=1S/C12H14ClN3O2/c1-4-18-12(17)9-6-14-16-7-8(13)5-10(16)11(9)15(2)3/h5-7H,4H2,1-3H3. The summed E-state index contributed by atoms with van der Waals surface area (Å²) in [6, 6.07) is 1.77. The molecule has 0 spiro atoms. The van der Waals surface area contributed by atoms with Crippen LogP contribution in [0.25, 0.3) is 5.52 Å². The molecule has 0 aliphatic rings. The van der Waals surface area contributed by atoms with Crippen LogP contribution in [0.4, 0.5) is 5.69 Å². The average molecular weight is 268 g/mol. The third kappa shape index (κ3) is 2.13. The first-order valence-electron chi connectivity index (χ1n) is 5.56. The van der Waals surface area contributed by atoms with Crippen LogP contribution >= 0.6 is 11.6 Å². The van der Waals surface area contributed by atoms with E-state index in [9.17, 15) is 4.79 Å². The van der Waals surface area contributed by atoms with E-state index in [1.807, 2.05) is 19.0 Å². The quantitative estimate of drug-likeness (QED) is 0.800. The van der Waals surface area contributed by atoms with Crippen LogP contribution in [-0.4, -0.2) is 36.3 Å². The molecule has 6 heteroatoms. The third-order valence-corrected chi connectivity index (χ3v) is 2.73. The number of nitrogens with zero attached hydrogens (tertiary/aromatic N) is 3. The number of aromatic nitrogens is 2. The molecule has 0 radical (unpaired) electrons. The van der Waals surface area contributed by atoms with Crippen molar-refractivity contribution in [3.63, 3.8) is 0 Å². The highest BCUT2D eigenvalue weighted by Gasteiger charge is 2.18. The molecule has 96 valence electrons. The van der Waals surface area contributed by atoms with Gasteiger partial charge in [0.05, 0.1) is 29.0 Å². The molecule has 5 nitrogen and oxygen atoms in total. The van der Waals surface area contributed by atoms with E-state index in [4.69, 9.17) is 16.3 Å². The smallest absolute Gasteiger partial charge is 0.341 e. The minimum absolute atomic E-state index is 0.332. The van der Waals surface area contributed by atoms with E-state index < -0.39 is 0 Å². The maximum atomic E-state index is 11.9. The molecule has 2 rings (SSSR count). The highest BCUT2D eigenvalue weighted by Crippen LogP contribution is 2.27. The first-order valence-corrected chi connectivity index (χ1v) is 5.93. The van der Waals surface area contributed by atoms with Gasteiger partial charge in [-0.25, -0.2) is 9.31 Å². The molecule has 0 bridgehead atoms. The maximum Gasteiger partial charge on any atom is 0.341 e. The second kappa shape index (κ2) is 4.86. The van der Waals surface area contributed by atoms with Crippen molar-refractivity contribution in [2.75, 3.05) is 25.6 Å². The van der Waals surface area contributed by atoms with Gasteiger partial charge in [-0.15, -0.1) is 0 Å². The van der Waals surface area contributed by atoms with E-state index in [1.54, 1.807) is 23.7 Å². The number of anilines is 1. The Balaban J connectivity index is 2.66. The van der Waals surface area contributed by atoms with E-state index >= 15 is 0 Å². The van der Waals surface area contributed by atoms with Gasteiger partial charge < -0.3 is 9.64 Å². The fourth-order valence-electron chi connectivity index (χ4n) is 1.84. The molecule has 0 N–H and O–H groups in total. The Kier molecular flexibility index (Phi) is 3.43. The summed E-state index contributed by atoms with van der Waals surface area (Å²) in [4.78, 5) is 13.7. The van der Waals surface area contributed by atoms with Crippen molar-refractivity contribution in [1.82, 2.24) is 9.61 Å². The minimum Gasteiger partial charge on any atom is -0.462 e. The molecule has 0 atom stereocenters. The zero-order chi connectivity index (χ0) is 13.3. The zero-order valence-electron chi connectivity index (χ0n) is 10.5. The second-order valence-electron chi connectivity index (χ2n) is 4.01. The lowest BCUT2D eigenvalue weighted by atomic mass is 10.2. The molecule has 0 amide bonds. The van der Waals surface area contributed by atoms with Gasteiger partial charge in [-0.05, 0) is 13.0 Å². The van der Waals surface area contributed by atoms with Crippen molar-refractivity contribution in [3.05, 3.63) is 29.0 Å². The number of hydrogen-bond acceptors (Lipinski definition) is 4. The molecule has 0 saturated carbocycles. The Morgan fingerprint density at radius 1 is 1.56 bits per heavy atom. The second-order valence-corrected chi connectivity index (χ2v) is 4.45. The number of halogens is 1. The number of carbonyl (C=O) groups excluding carboxylic acids is 1. The predicted molar refractivity (Wildman–Crippen MR) is 70.5 cm³/mol. The van der Waals surface area contributed by atoms with Gasteiger partial charge >= 0.3 is 5.97 Å². The molecule has 0 unspecified atom stereocenters. The van der Waals surface area contributed by atoms with Crippen LogP contribution in [0.5, 0.6) is 0 Å². The molecule has 0 aliphatic carbocycles. The molecule has 0 saturated heterocycles. The lowest BCUT2D eigenvalue weighted by molar-refractivity contribution is 0.0526. The van der Waals surface area contributed by atoms with Crippen molar-refractivity contribution < 1.29 is 9.53 Å².